The van der Waals surface area contributed by atoms with E-state index in [-0.39, 0.29) is 29.4 Å². The average Bonchev–Trinajstić information content (AvgIpc) is 3.30. The molecular weight excluding hydrogens is 416 g/mol. The standard InChI is InChI=1S/C22H24N4O6/c1-29-18-11-15(12-19(30-2)21(18)32-14-20(23)27)22(28)25-16-5-3-6-17(13-16)31-10-9-26-8-4-7-24-26/h3-8,11-13H,9-10,14H2,1-2H3,(H2,23,27)(H,25,28). The van der Waals surface area contributed by atoms with Crippen molar-refractivity contribution >= 4 is 17.5 Å². The third-order valence-corrected chi connectivity index (χ3v) is 4.32. The maximum atomic E-state index is 12.8. The molecule has 0 radical (unpaired) electrons. The van der Waals surface area contributed by atoms with Crippen LogP contribution in [0.2, 0.25) is 0 Å². The highest BCUT2D eigenvalue weighted by molar-refractivity contribution is 6.05. The number of rotatable bonds is 11. The lowest BCUT2D eigenvalue weighted by Crippen LogP contribution is -2.20. The van der Waals surface area contributed by atoms with Crippen LogP contribution in [0.4, 0.5) is 5.69 Å². The summed E-state index contributed by atoms with van der Waals surface area (Å²) >= 11 is 0. The number of methoxy groups -OCH3 is 2. The number of amides is 2. The molecule has 168 valence electrons. The molecule has 0 aliphatic rings. The molecule has 0 unspecified atom stereocenters. The summed E-state index contributed by atoms with van der Waals surface area (Å²) in [5.41, 5.74) is 5.96. The van der Waals surface area contributed by atoms with Crippen LogP contribution < -0.4 is 30.0 Å². The number of nitrogens with zero attached hydrogens (tertiary/aromatic N) is 2. The molecule has 0 atom stereocenters. The summed E-state index contributed by atoms with van der Waals surface area (Å²) in [6.45, 7) is 0.680. The molecule has 2 amide bonds. The molecule has 1 heterocycles. The van der Waals surface area contributed by atoms with Crippen molar-refractivity contribution in [2.45, 2.75) is 6.54 Å². The Kier molecular flexibility index (Phi) is 7.52. The van der Waals surface area contributed by atoms with Crippen LogP contribution in [0, 0.1) is 0 Å². The van der Waals surface area contributed by atoms with E-state index >= 15 is 0 Å². The lowest BCUT2D eigenvalue weighted by atomic mass is 10.1. The fourth-order valence-electron chi connectivity index (χ4n) is 2.85. The summed E-state index contributed by atoms with van der Waals surface area (Å²) in [4.78, 5) is 23.9. The molecule has 3 rings (SSSR count). The van der Waals surface area contributed by atoms with E-state index in [0.29, 0.717) is 24.6 Å². The zero-order valence-electron chi connectivity index (χ0n) is 17.7. The number of carbonyl (C=O) groups is 2. The third kappa shape index (κ3) is 5.91. The summed E-state index contributed by atoms with van der Waals surface area (Å²) in [6.07, 6.45) is 3.56. The SMILES string of the molecule is COc1cc(C(=O)Nc2cccc(OCCn3cccn3)c2)cc(OC)c1OCC(N)=O. The van der Waals surface area contributed by atoms with E-state index in [1.54, 1.807) is 35.1 Å². The lowest BCUT2D eigenvalue weighted by Gasteiger charge is -2.15. The number of hydrogen-bond acceptors (Lipinski definition) is 7. The van der Waals surface area contributed by atoms with Gasteiger partial charge in [-0.3, -0.25) is 14.3 Å². The van der Waals surface area contributed by atoms with Gasteiger partial charge in [-0.25, -0.2) is 0 Å². The number of nitrogens with two attached hydrogens (primary N) is 1. The number of hydrogen-bond donors (Lipinski definition) is 2. The van der Waals surface area contributed by atoms with Crippen molar-refractivity contribution in [2.75, 3.05) is 32.8 Å². The maximum absolute atomic E-state index is 12.8. The van der Waals surface area contributed by atoms with E-state index in [1.165, 1.54) is 26.4 Å². The smallest absolute Gasteiger partial charge is 0.255 e. The second kappa shape index (κ2) is 10.7. The summed E-state index contributed by atoms with van der Waals surface area (Å²) in [7, 11) is 2.83. The van der Waals surface area contributed by atoms with Crippen LogP contribution in [0.1, 0.15) is 10.4 Å². The number of ether oxygens (including phenoxy) is 4. The highest BCUT2D eigenvalue weighted by Crippen LogP contribution is 2.38. The third-order valence-electron chi connectivity index (χ3n) is 4.32. The molecule has 0 bridgehead atoms. The molecule has 0 saturated heterocycles. The number of benzene rings is 2. The van der Waals surface area contributed by atoms with Crippen LogP contribution in [0.25, 0.3) is 0 Å². The molecule has 0 aliphatic carbocycles. The first-order valence-corrected chi connectivity index (χ1v) is 9.69. The molecule has 3 N–H and O–H groups in total. The summed E-state index contributed by atoms with van der Waals surface area (Å²) in [5.74, 6) is 0.204. The van der Waals surface area contributed by atoms with E-state index in [9.17, 15) is 9.59 Å². The number of aromatic nitrogens is 2. The molecule has 10 nitrogen and oxygen atoms in total. The second-order valence-electron chi connectivity index (χ2n) is 6.56. The van der Waals surface area contributed by atoms with Crippen molar-refractivity contribution < 1.29 is 28.5 Å². The molecule has 0 aliphatic heterocycles. The van der Waals surface area contributed by atoms with Crippen LogP contribution >= 0.6 is 0 Å². The Bertz CT molecular complexity index is 1040. The van der Waals surface area contributed by atoms with Crippen LogP contribution in [0.3, 0.4) is 0 Å². The maximum Gasteiger partial charge on any atom is 0.255 e. The fraction of sp³-hybridized carbons (Fsp3) is 0.227. The number of nitrogens with one attached hydrogen (secondary N) is 1. The molecule has 0 spiro atoms. The Morgan fingerprint density at radius 2 is 1.81 bits per heavy atom. The van der Waals surface area contributed by atoms with Gasteiger partial charge in [0.05, 0.1) is 20.8 Å². The quantitative estimate of drug-likeness (QED) is 0.467. The number of anilines is 1. The normalized spacial score (nSPS) is 10.3. The van der Waals surface area contributed by atoms with Crippen molar-refractivity contribution in [3.05, 3.63) is 60.4 Å². The zero-order valence-corrected chi connectivity index (χ0v) is 17.7. The van der Waals surface area contributed by atoms with Gasteiger partial charge >= 0.3 is 0 Å². The minimum atomic E-state index is -0.650. The van der Waals surface area contributed by atoms with Crippen molar-refractivity contribution in [1.82, 2.24) is 9.78 Å². The molecule has 0 fully saturated rings. The van der Waals surface area contributed by atoms with Gasteiger partial charge in [0, 0.05) is 29.7 Å². The fourth-order valence-corrected chi connectivity index (χ4v) is 2.85. The number of primary amides is 1. The molecule has 2 aromatic carbocycles. The van der Waals surface area contributed by atoms with Crippen molar-refractivity contribution in [1.29, 1.82) is 0 Å². The molecule has 3 aromatic rings. The Labute approximate surface area is 184 Å². The molecule has 10 heteroatoms. The Balaban J connectivity index is 1.70. The van der Waals surface area contributed by atoms with Gasteiger partial charge in [-0.2, -0.15) is 5.10 Å². The first-order chi connectivity index (χ1) is 15.5. The minimum Gasteiger partial charge on any atom is -0.493 e. The number of carbonyl (C=O) groups excluding carboxylic acids is 2. The van der Waals surface area contributed by atoms with Gasteiger partial charge in [0.15, 0.2) is 18.1 Å². The van der Waals surface area contributed by atoms with Crippen LogP contribution in [-0.2, 0) is 11.3 Å². The average molecular weight is 440 g/mol. The van der Waals surface area contributed by atoms with E-state index < -0.39 is 11.8 Å². The van der Waals surface area contributed by atoms with Crippen molar-refractivity contribution in [2.24, 2.45) is 5.73 Å². The van der Waals surface area contributed by atoms with E-state index in [1.807, 2.05) is 12.3 Å². The summed E-state index contributed by atoms with van der Waals surface area (Å²) in [5, 5.41) is 6.93. The van der Waals surface area contributed by atoms with Gasteiger partial charge in [-0.15, -0.1) is 0 Å². The van der Waals surface area contributed by atoms with Gasteiger partial charge in [0.2, 0.25) is 5.75 Å². The predicted octanol–water partition coefficient (Wildman–Crippen LogP) is 2.10. The first kappa shape index (κ1) is 22.5. The molecule has 1 aromatic heterocycles. The highest BCUT2D eigenvalue weighted by atomic mass is 16.5. The summed E-state index contributed by atoms with van der Waals surface area (Å²) in [6, 6.07) is 11.9. The van der Waals surface area contributed by atoms with Crippen LogP contribution in [0.5, 0.6) is 23.0 Å². The van der Waals surface area contributed by atoms with Crippen molar-refractivity contribution in [3.63, 3.8) is 0 Å². The Hall–Kier alpha value is -4.21. The van der Waals surface area contributed by atoms with E-state index in [4.69, 9.17) is 24.7 Å². The predicted molar refractivity (Wildman–Crippen MR) is 116 cm³/mol. The van der Waals surface area contributed by atoms with Gasteiger partial charge in [0.1, 0.15) is 12.4 Å². The zero-order chi connectivity index (χ0) is 22.9. The molecular formula is C22H24N4O6. The van der Waals surface area contributed by atoms with E-state index in [2.05, 4.69) is 10.4 Å². The molecule has 32 heavy (non-hydrogen) atoms. The molecule has 0 saturated carbocycles. The van der Waals surface area contributed by atoms with Gasteiger partial charge in [0.25, 0.3) is 11.8 Å². The van der Waals surface area contributed by atoms with Gasteiger partial charge in [-0.1, -0.05) is 6.07 Å². The lowest BCUT2D eigenvalue weighted by molar-refractivity contribution is -0.120. The second-order valence-corrected chi connectivity index (χ2v) is 6.56. The van der Waals surface area contributed by atoms with Crippen LogP contribution in [-0.4, -0.2) is 49.0 Å². The van der Waals surface area contributed by atoms with Gasteiger partial charge in [-0.05, 0) is 30.3 Å². The van der Waals surface area contributed by atoms with Crippen LogP contribution in [0.15, 0.2) is 54.9 Å². The topological polar surface area (TPSA) is 127 Å². The minimum absolute atomic E-state index is 0.179. The highest BCUT2D eigenvalue weighted by Gasteiger charge is 2.18. The largest absolute Gasteiger partial charge is 0.493 e. The Morgan fingerprint density at radius 1 is 1.06 bits per heavy atom. The van der Waals surface area contributed by atoms with E-state index in [0.717, 1.165) is 0 Å². The van der Waals surface area contributed by atoms with Crippen molar-refractivity contribution in [3.8, 4) is 23.0 Å². The monoisotopic (exact) mass is 440 g/mol. The Morgan fingerprint density at radius 3 is 2.44 bits per heavy atom. The van der Waals surface area contributed by atoms with Gasteiger partial charge < -0.3 is 30.0 Å². The summed E-state index contributed by atoms with van der Waals surface area (Å²) < 4.78 is 23.5. The first-order valence-electron chi connectivity index (χ1n) is 9.69.